The average Bonchev–Trinajstić information content (AvgIpc) is 2.84. The third-order valence-electron chi connectivity index (χ3n) is 3.63. The summed E-state index contributed by atoms with van der Waals surface area (Å²) in [6.07, 6.45) is 1.19. The van der Waals surface area contributed by atoms with Crippen molar-refractivity contribution < 1.29 is 0 Å². The fraction of sp³-hybridized carbons (Fsp3) is 0.538. The Kier molecular flexibility index (Phi) is 4.31. The van der Waals surface area contributed by atoms with E-state index in [0.717, 1.165) is 28.7 Å². The summed E-state index contributed by atoms with van der Waals surface area (Å²) >= 11 is 12.3. The minimum Gasteiger partial charge on any atom is -0.315 e. The number of rotatable bonds is 3. The second-order valence-electron chi connectivity index (χ2n) is 4.65. The lowest BCUT2D eigenvalue weighted by atomic mass is 10.1. The molecule has 17 heavy (non-hydrogen) atoms. The Morgan fingerprint density at radius 1 is 1.41 bits per heavy atom. The Morgan fingerprint density at radius 3 is 2.82 bits per heavy atom. The molecule has 2 unspecified atom stereocenters. The predicted molar refractivity (Wildman–Crippen MR) is 73.9 cm³/mol. The lowest BCUT2D eigenvalue weighted by molar-refractivity contribution is 0.197. The Hall–Kier alpha value is -0.280. The van der Waals surface area contributed by atoms with Gasteiger partial charge in [-0.15, -0.1) is 0 Å². The van der Waals surface area contributed by atoms with Crippen molar-refractivity contribution in [2.24, 2.45) is 0 Å². The van der Waals surface area contributed by atoms with Gasteiger partial charge in [-0.1, -0.05) is 23.2 Å². The molecule has 1 N–H and O–H groups in total. The molecule has 0 saturated carbocycles. The number of halogens is 2. The normalized spacial score (nSPS) is 22.1. The minimum atomic E-state index is 0.283. The van der Waals surface area contributed by atoms with E-state index in [1.807, 2.05) is 18.2 Å². The Morgan fingerprint density at radius 2 is 2.18 bits per heavy atom. The molecule has 1 aromatic rings. The van der Waals surface area contributed by atoms with E-state index in [1.54, 1.807) is 0 Å². The number of nitrogens with one attached hydrogen (secondary N) is 1. The first kappa shape index (κ1) is 13.2. The molecule has 1 aliphatic rings. The summed E-state index contributed by atoms with van der Waals surface area (Å²) in [7, 11) is 2.15. The highest BCUT2D eigenvalue weighted by molar-refractivity contribution is 6.33. The third kappa shape index (κ3) is 2.94. The maximum atomic E-state index is 6.24. The average molecular weight is 273 g/mol. The second kappa shape index (κ2) is 5.57. The summed E-state index contributed by atoms with van der Waals surface area (Å²) in [5.74, 6) is 0. The molecule has 0 spiro atoms. The highest BCUT2D eigenvalue weighted by Gasteiger charge is 2.24. The molecule has 1 heterocycles. The molecule has 1 aliphatic heterocycles. The molecule has 1 fully saturated rings. The van der Waals surface area contributed by atoms with Gasteiger partial charge in [-0.05, 0) is 50.7 Å². The summed E-state index contributed by atoms with van der Waals surface area (Å²) in [6.45, 7) is 4.33. The van der Waals surface area contributed by atoms with Crippen LogP contribution in [0, 0.1) is 0 Å². The molecule has 1 saturated heterocycles. The van der Waals surface area contributed by atoms with Gasteiger partial charge in [-0.3, -0.25) is 4.90 Å². The number of benzene rings is 1. The van der Waals surface area contributed by atoms with Crippen molar-refractivity contribution in [2.75, 3.05) is 20.1 Å². The third-order valence-corrected chi connectivity index (χ3v) is 4.21. The smallest absolute Gasteiger partial charge is 0.0454 e. The quantitative estimate of drug-likeness (QED) is 0.908. The van der Waals surface area contributed by atoms with Crippen LogP contribution < -0.4 is 5.32 Å². The first-order valence-electron chi connectivity index (χ1n) is 5.97. The second-order valence-corrected chi connectivity index (χ2v) is 5.50. The van der Waals surface area contributed by atoms with Gasteiger partial charge < -0.3 is 5.32 Å². The Balaban J connectivity index is 2.17. The first-order valence-corrected chi connectivity index (χ1v) is 6.73. The molecule has 1 aromatic carbocycles. The van der Waals surface area contributed by atoms with Gasteiger partial charge in [0.1, 0.15) is 0 Å². The molecule has 4 heteroatoms. The predicted octanol–water partition coefficient (Wildman–Crippen LogP) is 3.35. The van der Waals surface area contributed by atoms with Crippen LogP contribution in [0.1, 0.15) is 24.9 Å². The lowest BCUT2D eigenvalue weighted by Gasteiger charge is -2.31. The van der Waals surface area contributed by atoms with Crippen LogP contribution in [0.2, 0.25) is 10.0 Å². The fourth-order valence-electron chi connectivity index (χ4n) is 2.36. The van der Waals surface area contributed by atoms with Crippen molar-refractivity contribution in [1.29, 1.82) is 0 Å². The van der Waals surface area contributed by atoms with Crippen LogP contribution >= 0.6 is 23.2 Å². The first-order chi connectivity index (χ1) is 8.09. The van der Waals surface area contributed by atoms with E-state index >= 15 is 0 Å². The van der Waals surface area contributed by atoms with Crippen molar-refractivity contribution in [3.05, 3.63) is 33.8 Å². The molecule has 2 atom stereocenters. The molecule has 2 rings (SSSR count). The van der Waals surface area contributed by atoms with Gasteiger partial charge in [0.2, 0.25) is 0 Å². The van der Waals surface area contributed by atoms with Gasteiger partial charge >= 0.3 is 0 Å². The van der Waals surface area contributed by atoms with E-state index in [-0.39, 0.29) is 6.04 Å². The zero-order valence-corrected chi connectivity index (χ0v) is 11.7. The van der Waals surface area contributed by atoms with Crippen LogP contribution in [0.25, 0.3) is 0 Å². The van der Waals surface area contributed by atoms with E-state index in [1.165, 1.54) is 6.42 Å². The van der Waals surface area contributed by atoms with Crippen molar-refractivity contribution in [3.8, 4) is 0 Å². The fourth-order valence-corrected chi connectivity index (χ4v) is 2.81. The molecule has 94 valence electrons. The maximum Gasteiger partial charge on any atom is 0.0454 e. The van der Waals surface area contributed by atoms with Gasteiger partial charge in [0.15, 0.2) is 0 Å². The van der Waals surface area contributed by atoms with Crippen LogP contribution in [0.3, 0.4) is 0 Å². The molecule has 0 amide bonds. The van der Waals surface area contributed by atoms with E-state index in [9.17, 15) is 0 Å². The standard InChI is InChI=1S/C13H18Cl2N2/c1-9(17(2)11-5-6-16-8-11)12-7-10(14)3-4-13(12)15/h3-4,7,9,11,16H,5-6,8H2,1-2H3. The van der Waals surface area contributed by atoms with Crippen molar-refractivity contribution >= 4 is 23.2 Å². The molecular weight excluding hydrogens is 255 g/mol. The van der Waals surface area contributed by atoms with Gasteiger partial charge in [-0.2, -0.15) is 0 Å². The molecular formula is C13H18Cl2N2. The van der Waals surface area contributed by atoms with E-state index in [0.29, 0.717) is 6.04 Å². The van der Waals surface area contributed by atoms with E-state index in [4.69, 9.17) is 23.2 Å². The summed E-state index contributed by atoms with van der Waals surface area (Å²) in [5, 5.41) is 4.92. The summed E-state index contributed by atoms with van der Waals surface area (Å²) in [6, 6.07) is 6.53. The zero-order chi connectivity index (χ0) is 12.4. The Bertz CT molecular complexity index is 389. The number of hydrogen-bond donors (Lipinski definition) is 1. The molecule has 0 aliphatic carbocycles. The summed E-state index contributed by atoms with van der Waals surface area (Å²) in [5.41, 5.74) is 1.11. The highest BCUT2D eigenvalue weighted by atomic mass is 35.5. The lowest BCUT2D eigenvalue weighted by Crippen LogP contribution is -2.35. The molecule has 0 bridgehead atoms. The maximum absolute atomic E-state index is 6.24. The van der Waals surface area contributed by atoms with Crippen molar-refractivity contribution in [2.45, 2.75) is 25.4 Å². The highest BCUT2D eigenvalue weighted by Crippen LogP contribution is 2.30. The van der Waals surface area contributed by atoms with Crippen LogP contribution in [-0.4, -0.2) is 31.1 Å². The summed E-state index contributed by atoms with van der Waals surface area (Å²) < 4.78 is 0. The SMILES string of the molecule is CC(c1cc(Cl)ccc1Cl)N(C)C1CCNC1. The van der Waals surface area contributed by atoms with Gasteiger partial charge in [0, 0.05) is 28.7 Å². The van der Waals surface area contributed by atoms with E-state index < -0.39 is 0 Å². The molecule has 0 aromatic heterocycles. The topological polar surface area (TPSA) is 15.3 Å². The summed E-state index contributed by atoms with van der Waals surface area (Å²) in [4.78, 5) is 2.37. The minimum absolute atomic E-state index is 0.283. The molecule has 0 radical (unpaired) electrons. The number of likely N-dealkylation sites (N-methyl/N-ethyl adjacent to an activating group) is 1. The largest absolute Gasteiger partial charge is 0.315 e. The van der Waals surface area contributed by atoms with Crippen molar-refractivity contribution in [3.63, 3.8) is 0 Å². The number of hydrogen-bond acceptors (Lipinski definition) is 2. The van der Waals surface area contributed by atoms with Gasteiger partial charge in [0.25, 0.3) is 0 Å². The number of nitrogens with zero attached hydrogens (tertiary/aromatic N) is 1. The van der Waals surface area contributed by atoms with Crippen LogP contribution in [-0.2, 0) is 0 Å². The molecule has 2 nitrogen and oxygen atoms in total. The zero-order valence-electron chi connectivity index (χ0n) is 10.2. The monoisotopic (exact) mass is 272 g/mol. The van der Waals surface area contributed by atoms with Crippen LogP contribution in [0.4, 0.5) is 0 Å². The van der Waals surface area contributed by atoms with Gasteiger partial charge in [0.05, 0.1) is 0 Å². The van der Waals surface area contributed by atoms with Crippen LogP contribution in [0.15, 0.2) is 18.2 Å². The van der Waals surface area contributed by atoms with Crippen LogP contribution in [0.5, 0.6) is 0 Å². The Labute approximate surface area is 113 Å². The van der Waals surface area contributed by atoms with E-state index in [2.05, 4.69) is 24.2 Å². The van der Waals surface area contributed by atoms with Gasteiger partial charge in [-0.25, -0.2) is 0 Å². The van der Waals surface area contributed by atoms with Crippen molar-refractivity contribution in [1.82, 2.24) is 10.2 Å².